The molecule has 2 aliphatic rings. The van der Waals surface area contributed by atoms with Gasteiger partial charge in [0.1, 0.15) is 0 Å². The van der Waals surface area contributed by atoms with E-state index >= 15 is 0 Å². The molecular weight excluding hydrogens is 272 g/mol. The van der Waals surface area contributed by atoms with E-state index in [4.69, 9.17) is 0 Å². The molecule has 3 rings (SSSR count). The molecule has 122 valence electrons. The predicted octanol–water partition coefficient (Wildman–Crippen LogP) is 2.46. The van der Waals surface area contributed by atoms with E-state index < -0.39 is 0 Å². The van der Waals surface area contributed by atoms with Crippen molar-refractivity contribution in [2.75, 3.05) is 31.1 Å². The molecule has 0 aromatic heterocycles. The zero-order valence-electron chi connectivity index (χ0n) is 14.1. The van der Waals surface area contributed by atoms with Crippen molar-refractivity contribution >= 4 is 5.69 Å². The number of β-amino-alcohol motifs (C(OH)–C–C–N with tert-alkyl or cyclic N) is 1. The summed E-state index contributed by atoms with van der Waals surface area (Å²) in [4.78, 5) is 2.46. The largest absolute Gasteiger partial charge is 0.391 e. The van der Waals surface area contributed by atoms with Crippen LogP contribution in [0.4, 0.5) is 5.69 Å². The van der Waals surface area contributed by atoms with E-state index in [1.54, 1.807) is 16.7 Å². The molecule has 1 aromatic carbocycles. The van der Waals surface area contributed by atoms with Crippen molar-refractivity contribution in [2.24, 2.45) is 0 Å². The average molecular weight is 302 g/mol. The maximum absolute atomic E-state index is 10.1. The van der Waals surface area contributed by atoms with Crippen molar-refractivity contribution in [2.45, 2.75) is 58.5 Å². The lowest BCUT2D eigenvalue weighted by molar-refractivity contribution is 0.175. The summed E-state index contributed by atoms with van der Waals surface area (Å²) in [7, 11) is 0. The summed E-state index contributed by atoms with van der Waals surface area (Å²) in [6.07, 6.45) is 6.44. The number of nitrogens with zero attached hydrogens (tertiary/aromatic N) is 1. The number of aliphatic hydroxyl groups is 1. The molecule has 0 radical (unpaired) electrons. The topological polar surface area (TPSA) is 35.5 Å². The van der Waals surface area contributed by atoms with E-state index in [-0.39, 0.29) is 6.10 Å². The molecule has 1 aromatic rings. The van der Waals surface area contributed by atoms with Gasteiger partial charge < -0.3 is 15.3 Å². The second-order valence-electron chi connectivity index (χ2n) is 6.72. The SMILES string of the molecule is CCc1c2c(cc3c1N(CC(O)CC)CCC3)CCNCC2. The first-order valence-corrected chi connectivity index (χ1v) is 9.04. The molecule has 3 heteroatoms. The summed E-state index contributed by atoms with van der Waals surface area (Å²) in [5.41, 5.74) is 7.69. The van der Waals surface area contributed by atoms with Gasteiger partial charge in [0, 0.05) is 18.8 Å². The van der Waals surface area contributed by atoms with E-state index in [9.17, 15) is 5.11 Å². The van der Waals surface area contributed by atoms with Crippen molar-refractivity contribution in [1.82, 2.24) is 5.32 Å². The van der Waals surface area contributed by atoms with Gasteiger partial charge in [-0.3, -0.25) is 0 Å². The fourth-order valence-electron chi connectivity index (χ4n) is 4.10. The summed E-state index contributed by atoms with van der Waals surface area (Å²) in [5, 5.41) is 13.7. The zero-order valence-corrected chi connectivity index (χ0v) is 14.1. The number of nitrogens with one attached hydrogen (secondary N) is 1. The van der Waals surface area contributed by atoms with Gasteiger partial charge in [-0.2, -0.15) is 0 Å². The monoisotopic (exact) mass is 302 g/mol. The molecule has 1 atom stereocenters. The molecule has 0 aliphatic carbocycles. The van der Waals surface area contributed by atoms with Gasteiger partial charge in [0.05, 0.1) is 6.10 Å². The Morgan fingerprint density at radius 3 is 2.77 bits per heavy atom. The minimum atomic E-state index is -0.212. The molecule has 2 heterocycles. The van der Waals surface area contributed by atoms with Crippen LogP contribution in [0.2, 0.25) is 0 Å². The Balaban J connectivity index is 2.04. The second kappa shape index (κ2) is 7.01. The molecule has 3 nitrogen and oxygen atoms in total. The molecule has 0 amide bonds. The van der Waals surface area contributed by atoms with Crippen LogP contribution in [0.15, 0.2) is 6.07 Å². The van der Waals surface area contributed by atoms with Crippen LogP contribution < -0.4 is 10.2 Å². The third-order valence-electron chi connectivity index (χ3n) is 5.26. The first-order valence-electron chi connectivity index (χ1n) is 9.04. The Morgan fingerprint density at radius 1 is 1.18 bits per heavy atom. The number of rotatable bonds is 4. The number of hydrogen-bond donors (Lipinski definition) is 2. The van der Waals surface area contributed by atoms with E-state index in [1.165, 1.54) is 24.1 Å². The highest BCUT2D eigenvalue weighted by molar-refractivity contribution is 5.66. The quantitative estimate of drug-likeness (QED) is 0.897. The maximum Gasteiger partial charge on any atom is 0.0712 e. The van der Waals surface area contributed by atoms with E-state index in [2.05, 4.69) is 30.1 Å². The Labute approximate surface area is 134 Å². The summed E-state index contributed by atoms with van der Waals surface area (Å²) in [6.45, 7) is 8.43. The molecule has 22 heavy (non-hydrogen) atoms. The highest BCUT2D eigenvalue weighted by atomic mass is 16.3. The third-order valence-corrected chi connectivity index (χ3v) is 5.26. The highest BCUT2D eigenvalue weighted by Crippen LogP contribution is 2.36. The number of aryl methyl sites for hydroxylation is 1. The van der Waals surface area contributed by atoms with E-state index in [0.29, 0.717) is 0 Å². The second-order valence-corrected chi connectivity index (χ2v) is 6.72. The summed E-state index contributed by atoms with van der Waals surface area (Å²) in [5.74, 6) is 0. The van der Waals surface area contributed by atoms with Gasteiger partial charge >= 0.3 is 0 Å². The van der Waals surface area contributed by atoms with E-state index in [1.807, 2.05) is 0 Å². The number of fused-ring (bicyclic) bond motifs is 2. The van der Waals surface area contributed by atoms with Crippen LogP contribution in [0, 0.1) is 0 Å². The Kier molecular flexibility index (Phi) is 5.04. The molecule has 0 spiro atoms. The highest BCUT2D eigenvalue weighted by Gasteiger charge is 2.25. The normalized spacial score (nSPS) is 19.3. The minimum Gasteiger partial charge on any atom is -0.391 e. The molecular formula is C19H30N2O. The van der Waals surface area contributed by atoms with Crippen LogP contribution in [-0.4, -0.2) is 37.4 Å². The van der Waals surface area contributed by atoms with Crippen LogP contribution >= 0.6 is 0 Å². The molecule has 2 N–H and O–H groups in total. The maximum atomic E-state index is 10.1. The Bertz CT molecular complexity index is 527. The molecule has 2 aliphatic heterocycles. The van der Waals surface area contributed by atoms with Gasteiger partial charge in [-0.25, -0.2) is 0 Å². The molecule has 0 fully saturated rings. The summed E-state index contributed by atoms with van der Waals surface area (Å²) < 4.78 is 0. The molecule has 0 bridgehead atoms. The zero-order chi connectivity index (χ0) is 15.5. The standard InChI is InChI=1S/C19H30N2O/c1-3-16(22)13-21-11-5-6-15-12-14-7-9-20-10-8-18(14)17(4-2)19(15)21/h12,16,20,22H,3-11,13H2,1-2H3. The molecule has 0 saturated heterocycles. The summed E-state index contributed by atoms with van der Waals surface area (Å²) >= 11 is 0. The number of anilines is 1. The number of hydrogen-bond acceptors (Lipinski definition) is 3. The van der Waals surface area contributed by atoms with Crippen molar-refractivity contribution < 1.29 is 5.11 Å². The van der Waals surface area contributed by atoms with Crippen LogP contribution in [0.1, 0.15) is 48.9 Å². The fourth-order valence-corrected chi connectivity index (χ4v) is 4.10. The van der Waals surface area contributed by atoms with Gasteiger partial charge in [0.15, 0.2) is 0 Å². The first-order chi connectivity index (χ1) is 10.7. The van der Waals surface area contributed by atoms with Crippen LogP contribution in [0.5, 0.6) is 0 Å². The number of aliphatic hydroxyl groups excluding tert-OH is 1. The van der Waals surface area contributed by atoms with Crippen molar-refractivity contribution in [3.63, 3.8) is 0 Å². The lowest BCUT2D eigenvalue weighted by atomic mass is 9.87. The van der Waals surface area contributed by atoms with Gasteiger partial charge in [0.2, 0.25) is 0 Å². The van der Waals surface area contributed by atoms with Crippen molar-refractivity contribution in [3.05, 3.63) is 28.3 Å². The van der Waals surface area contributed by atoms with E-state index in [0.717, 1.165) is 51.9 Å². The van der Waals surface area contributed by atoms with Crippen LogP contribution in [-0.2, 0) is 25.7 Å². The number of benzene rings is 1. The lowest BCUT2D eigenvalue weighted by Gasteiger charge is -2.36. The van der Waals surface area contributed by atoms with Crippen molar-refractivity contribution in [1.29, 1.82) is 0 Å². The van der Waals surface area contributed by atoms with Gasteiger partial charge in [-0.1, -0.05) is 19.9 Å². The molecule has 0 saturated carbocycles. The van der Waals surface area contributed by atoms with Gasteiger partial charge in [-0.15, -0.1) is 0 Å². The third kappa shape index (κ3) is 3.02. The van der Waals surface area contributed by atoms with Gasteiger partial charge in [-0.05, 0) is 73.9 Å². The Morgan fingerprint density at radius 2 is 2.00 bits per heavy atom. The van der Waals surface area contributed by atoms with Crippen molar-refractivity contribution in [3.8, 4) is 0 Å². The predicted molar refractivity (Wildman–Crippen MR) is 92.9 cm³/mol. The average Bonchev–Trinajstić information content (AvgIpc) is 2.78. The molecule has 1 unspecified atom stereocenters. The first kappa shape index (κ1) is 15.8. The van der Waals surface area contributed by atoms with Crippen LogP contribution in [0.3, 0.4) is 0 Å². The summed E-state index contributed by atoms with van der Waals surface area (Å²) in [6, 6.07) is 2.47. The smallest absolute Gasteiger partial charge is 0.0712 e. The van der Waals surface area contributed by atoms with Crippen LogP contribution in [0.25, 0.3) is 0 Å². The lowest BCUT2D eigenvalue weighted by Crippen LogP contribution is -2.37. The Hall–Kier alpha value is -1.06. The van der Waals surface area contributed by atoms with Gasteiger partial charge in [0.25, 0.3) is 0 Å². The minimum absolute atomic E-state index is 0.212. The fraction of sp³-hybridized carbons (Fsp3) is 0.684.